The summed E-state index contributed by atoms with van der Waals surface area (Å²) >= 11 is 0. The molecule has 0 aliphatic heterocycles. The van der Waals surface area contributed by atoms with E-state index in [1.165, 1.54) is 5.56 Å². The lowest BCUT2D eigenvalue weighted by Gasteiger charge is -2.23. The Hall–Kier alpha value is -2.29. The smallest absolute Gasteiger partial charge is 0.323 e. The Kier molecular flexibility index (Phi) is 4.41. The molecule has 3 heteroatoms. The fourth-order valence-corrected chi connectivity index (χ4v) is 2.14. The maximum absolute atomic E-state index is 11.1. The van der Waals surface area contributed by atoms with Crippen molar-refractivity contribution < 1.29 is 9.90 Å². The molecule has 20 heavy (non-hydrogen) atoms. The van der Waals surface area contributed by atoms with Crippen molar-refractivity contribution in [2.75, 3.05) is 11.4 Å². The number of benzene rings is 2. The lowest BCUT2D eigenvalue weighted by molar-refractivity contribution is -0.135. The van der Waals surface area contributed by atoms with E-state index in [0.717, 1.165) is 16.8 Å². The third kappa shape index (κ3) is 3.85. The summed E-state index contributed by atoms with van der Waals surface area (Å²) in [6.45, 7) is 4.64. The molecule has 0 unspecified atom stereocenters. The number of hydrogen-bond acceptors (Lipinski definition) is 2. The van der Waals surface area contributed by atoms with Crippen molar-refractivity contribution in [3.8, 4) is 0 Å². The Morgan fingerprint density at radius 2 is 1.75 bits per heavy atom. The van der Waals surface area contributed by atoms with E-state index in [-0.39, 0.29) is 6.54 Å². The first-order valence-corrected chi connectivity index (χ1v) is 6.63. The molecule has 2 aromatic rings. The molecule has 0 fully saturated rings. The van der Waals surface area contributed by atoms with Gasteiger partial charge in [-0.1, -0.05) is 42.0 Å². The molecule has 1 N–H and O–H groups in total. The van der Waals surface area contributed by atoms with Gasteiger partial charge in [0.05, 0.1) is 0 Å². The van der Waals surface area contributed by atoms with Crippen molar-refractivity contribution in [2.24, 2.45) is 0 Å². The lowest BCUT2D eigenvalue weighted by Crippen LogP contribution is -2.29. The fourth-order valence-electron chi connectivity index (χ4n) is 2.14. The zero-order valence-corrected chi connectivity index (χ0v) is 11.8. The second-order valence-electron chi connectivity index (χ2n) is 5.07. The molecule has 0 saturated carbocycles. The molecule has 0 radical (unpaired) electrons. The number of carboxylic acid groups (broad SMARTS) is 1. The molecule has 2 aromatic carbocycles. The fraction of sp³-hybridized carbons (Fsp3) is 0.235. The van der Waals surface area contributed by atoms with Crippen molar-refractivity contribution >= 4 is 11.7 Å². The largest absolute Gasteiger partial charge is 0.480 e. The number of aryl methyl sites for hydroxylation is 2. The summed E-state index contributed by atoms with van der Waals surface area (Å²) in [6.07, 6.45) is 0. The monoisotopic (exact) mass is 269 g/mol. The number of nitrogens with zero attached hydrogens (tertiary/aromatic N) is 1. The minimum atomic E-state index is -0.821. The van der Waals surface area contributed by atoms with Gasteiger partial charge in [-0.25, -0.2) is 0 Å². The number of carbonyl (C=O) groups is 1. The lowest BCUT2D eigenvalue weighted by atomic mass is 10.1. The van der Waals surface area contributed by atoms with E-state index in [0.29, 0.717) is 6.54 Å². The quantitative estimate of drug-likeness (QED) is 0.904. The predicted octanol–water partition coefficient (Wildman–Crippen LogP) is 3.39. The van der Waals surface area contributed by atoms with Gasteiger partial charge in [0, 0.05) is 12.2 Å². The highest BCUT2D eigenvalue weighted by molar-refractivity contribution is 5.73. The standard InChI is InChI=1S/C17H19NO2/c1-13-6-8-15(9-7-13)11-18(12-17(19)20)16-5-3-4-14(2)10-16/h3-10H,11-12H2,1-2H3,(H,19,20). The summed E-state index contributed by atoms with van der Waals surface area (Å²) in [5.41, 5.74) is 4.38. The van der Waals surface area contributed by atoms with Crippen LogP contribution < -0.4 is 4.90 Å². The number of hydrogen-bond donors (Lipinski definition) is 1. The van der Waals surface area contributed by atoms with Crippen molar-refractivity contribution in [1.82, 2.24) is 0 Å². The van der Waals surface area contributed by atoms with Gasteiger partial charge in [-0.2, -0.15) is 0 Å². The van der Waals surface area contributed by atoms with Crippen LogP contribution in [0.1, 0.15) is 16.7 Å². The average Bonchev–Trinajstić information content (AvgIpc) is 2.40. The third-order valence-electron chi connectivity index (χ3n) is 3.19. The molecule has 0 amide bonds. The third-order valence-corrected chi connectivity index (χ3v) is 3.19. The van der Waals surface area contributed by atoms with E-state index in [9.17, 15) is 4.79 Å². The molecular weight excluding hydrogens is 250 g/mol. The first-order chi connectivity index (χ1) is 9.54. The van der Waals surface area contributed by atoms with Gasteiger partial charge >= 0.3 is 5.97 Å². The van der Waals surface area contributed by atoms with Crippen molar-refractivity contribution in [3.63, 3.8) is 0 Å². The zero-order valence-electron chi connectivity index (χ0n) is 11.8. The summed E-state index contributed by atoms with van der Waals surface area (Å²) in [5.74, 6) is -0.821. The molecule has 0 aliphatic rings. The van der Waals surface area contributed by atoms with Gasteiger partial charge in [0.2, 0.25) is 0 Å². The number of anilines is 1. The molecule has 2 rings (SSSR count). The van der Waals surface area contributed by atoms with Crippen molar-refractivity contribution in [1.29, 1.82) is 0 Å². The van der Waals surface area contributed by atoms with Crippen LogP contribution in [0.5, 0.6) is 0 Å². The minimum absolute atomic E-state index is 0.00265. The van der Waals surface area contributed by atoms with Gasteiger partial charge < -0.3 is 10.0 Å². The summed E-state index contributed by atoms with van der Waals surface area (Å²) in [5, 5.41) is 9.09. The van der Waals surface area contributed by atoms with Crippen LogP contribution in [-0.4, -0.2) is 17.6 Å². The Balaban J connectivity index is 2.23. The van der Waals surface area contributed by atoms with Crippen LogP contribution in [0.15, 0.2) is 48.5 Å². The maximum atomic E-state index is 11.1. The first-order valence-electron chi connectivity index (χ1n) is 6.63. The normalized spacial score (nSPS) is 10.3. The Bertz CT molecular complexity index is 590. The Morgan fingerprint density at radius 1 is 1.05 bits per heavy atom. The number of carboxylic acids is 1. The van der Waals surface area contributed by atoms with Crippen LogP contribution in [-0.2, 0) is 11.3 Å². The van der Waals surface area contributed by atoms with E-state index in [2.05, 4.69) is 0 Å². The molecule has 0 atom stereocenters. The number of aliphatic carboxylic acids is 1. The van der Waals surface area contributed by atoms with Crippen LogP contribution in [0, 0.1) is 13.8 Å². The van der Waals surface area contributed by atoms with Crippen LogP contribution in [0.4, 0.5) is 5.69 Å². The molecule has 0 aromatic heterocycles. The molecule has 0 heterocycles. The van der Waals surface area contributed by atoms with Gasteiger partial charge in [0.1, 0.15) is 6.54 Å². The van der Waals surface area contributed by atoms with Crippen molar-refractivity contribution in [3.05, 3.63) is 65.2 Å². The topological polar surface area (TPSA) is 40.5 Å². The summed E-state index contributed by atoms with van der Waals surface area (Å²) < 4.78 is 0. The highest BCUT2D eigenvalue weighted by atomic mass is 16.4. The van der Waals surface area contributed by atoms with Gasteiger partial charge in [-0.15, -0.1) is 0 Å². The summed E-state index contributed by atoms with van der Waals surface area (Å²) in [7, 11) is 0. The highest BCUT2D eigenvalue weighted by Gasteiger charge is 2.11. The van der Waals surface area contributed by atoms with E-state index < -0.39 is 5.97 Å². The summed E-state index contributed by atoms with van der Waals surface area (Å²) in [4.78, 5) is 12.9. The van der Waals surface area contributed by atoms with E-state index >= 15 is 0 Å². The van der Waals surface area contributed by atoms with Gasteiger partial charge in [-0.3, -0.25) is 4.79 Å². The van der Waals surface area contributed by atoms with Crippen LogP contribution in [0.2, 0.25) is 0 Å². The average molecular weight is 269 g/mol. The zero-order chi connectivity index (χ0) is 14.5. The Labute approximate surface area is 119 Å². The first kappa shape index (κ1) is 14.1. The SMILES string of the molecule is Cc1ccc(CN(CC(=O)O)c2cccc(C)c2)cc1. The molecule has 104 valence electrons. The Morgan fingerprint density at radius 3 is 2.35 bits per heavy atom. The maximum Gasteiger partial charge on any atom is 0.323 e. The second kappa shape index (κ2) is 6.24. The number of rotatable bonds is 5. The van der Waals surface area contributed by atoms with E-state index in [1.807, 2.05) is 67.3 Å². The molecule has 0 spiro atoms. The molecular formula is C17H19NO2. The van der Waals surface area contributed by atoms with Crippen LogP contribution >= 0.6 is 0 Å². The second-order valence-corrected chi connectivity index (χ2v) is 5.07. The molecule has 0 aliphatic carbocycles. The van der Waals surface area contributed by atoms with E-state index in [4.69, 9.17) is 5.11 Å². The van der Waals surface area contributed by atoms with Crippen LogP contribution in [0.3, 0.4) is 0 Å². The van der Waals surface area contributed by atoms with Gasteiger partial charge in [-0.05, 0) is 37.1 Å². The molecule has 0 saturated heterocycles. The highest BCUT2D eigenvalue weighted by Crippen LogP contribution is 2.18. The van der Waals surface area contributed by atoms with Gasteiger partial charge in [0.25, 0.3) is 0 Å². The minimum Gasteiger partial charge on any atom is -0.480 e. The molecule has 0 bridgehead atoms. The predicted molar refractivity (Wildman–Crippen MR) is 81.0 cm³/mol. The van der Waals surface area contributed by atoms with E-state index in [1.54, 1.807) is 0 Å². The van der Waals surface area contributed by atoms with Crippen LogP contribution in [0.25, 0.3) is 0 Å². The summed E-state index contributed by atoms with van der Waals surface area (Å²) in [6, 6.07) is 16.1. The van der Waals surface area contributed by atoms with Crippen molar-refractivity contribution in [2.45, 2.75) is 20.4 Å². The molecule has 3 nitrogen and oxygen atoms in total. The van der Waals surface area contributed by atoms with Gasteiger partial charge in [0.15, 0.2) is 0 Å².